The van der Waals surface area contributed by atoms with Gasteiger partial charge < -0.3 is 15.0 Å². The third-order valence-electron chi connectivity index (χ3n) is 3.76. The van der Waals surface area contributed by atoms with Crippen molar-refractivity contribution in [2.75, 3.05) is 25.1 Å². The SMILES string of the molecule is CCCNCc1ccc(N(C)C2CCOC2C)nc1. The Labute approximate surface area is 116 Å². The van der Waals surface area contributed by atoms with Crippen molar-refractivity contribution in [1.29, 1.82) is 0 Å². The highest BCUT2D eigenvalue weighted by atomic mass is 16.5. The zero-order chi connectivity index (χ0) is 13.7. The van der Waals surface area contributed by atoms with Gasteiger partial charge in [-0.25, -0.2) is 4.98 Å². The first-order valence-corrected chi connectivity index (χ1v) is 7.22. The molecule has 1 fully saturated rings. The number of nitrogens with zero attached hydrogens (tertiary/aromatic N) is 2. The number of rotatable bonds is 6. The van der Waals surface area contributed by atoms with Gasteiger partial charge in [0.05, 0.1) is 12.1 Å². The van der Waals surface area contributed by atoms with Crippen LogP contribution in [0.25, 0.3) is 0 Å². The van der Waals surface area contributed by atoms with E-state index in [0.29, 0.717) is 6.04 Å². The fraction of sp³-hybridized carbons (Fsp3) is 0.667. The van der Waals surface area contributed by atoms with Crippen LogP contribution in [-0.2, 0) is 11.3 Å². The summed E-state index contributed by atoms with van der Waals surface area (Å²) in [6.07, 6.45) is 4.50. The molecule has 2 atom stereocenters. The van der Waals surface area contributed by atoms with E-state index in [2.05, 4.69) is 48.2 Å². The van der Waals surface area contributed by atoms with E-state index < -0.39 is 0 Å². The molecular weight excluding hydrogens is 238 g/mol. The lowest BCUT2D eigenvalue weighted by atomic mass is 10.1. The second-order valence-corrected chi connectivity index (χ2v) is 5.24. The summed E-state index contributed by atoms with van der Waals surface area (Å²) in [4.78, 5) is 6.80. The Balaban J connectivity index is 1.93. The largest absolute Gasteiger partial charge is 0.376 e. The van der Waals surface area contributed by atoms with E-state index in [4.69, 9.17) is 4.74 Å². The highest BCUT2D eigenvalue weighted by molar-refractivity contribution is 5.40. The highest BCUT2D eigenvalue weighted by Crippen LogP contribution is 2.22. The number of aromatic nitrogens is 1. The Kier molecular flexibility index (Phi) is 5.16. The van der Waals surface area contributed by atoms with Gasteiger partial charge in [0.15, 0.2) is 0 Å². The molecule has 106 valence electrons. The number of likely N-dealkylation sites (N-methyl/N-ethyl adjacent to an activating group) is 1. The van der Waals surface area contributed by atoms with Gasteiger partial charge in [-0.15, -0.1) is 0 Å². The van der Waals surface area contributed by atoms with E-state index in [1.165, 1.54) is 5.56 Å². The summed E-state index contributed by atoms with van der Waals surface area (Å²) in [5, 5.41) is 3.39. The monoisotopic (exact) mass is 263 g/mol. The van der Waals surface area contributed by atoms with Gasteiger partial charge in [0.25, 0.3) is 0 Å². The quantitative estimate of drug-likeness (QED) is 0.798. The molecule has 0 radical (unpaired) electrons. The standard InChI is InChI=1S/C15H25N3O/c1-4-8-16-10-13-5-6-15(17-11-13)18(3)14-7-9-19-12(14)2/h5-6,11-12,14,16H,4,7-10H2,1-3H3. The van der Waals surface area contributed by atoms with Crippen LogP contribution in [0.5, 0.6) is 0 Å². The summed E-state index contributed by atoms with van der Waals surface area (Å²) < 4.78 is 5.62. The highest BCUT2D eigenvalue weighted by Gasteiger charge is 2.28. The number of hydrogen-bond donors (Lipinski definition) is 1. The molecule has 0 aromatic carbocycles. The fourth-order valence-electron chi connectivity index (χ4n) is 2.54. The maximum atomic E-state index is 5.62. The smallest absolute Gasteiger partial charge is 0.128 e. The van der Waals surface area contributed by atoms with Crippen LogP contribution in [0.3, 0.4) is 0 Å². The first-order valence-electron chi connectivity index (χ1n) is 7.22. The maximum Gasteiger partial charge on any atom is 0.128 e. The Morgan fingerprint density at radius 1 is 1.47 bits per heavy atom. The van der Waals surface area contributed by atoms with E-state index in [0.717, 1.165) is 38.4 Å². The summed E-state index contributed by atoms with van der Waals surface area (Å²) in [6, 6.07) is 4.70. The Morgan fingerprint density at radius 2 is 2.32 bits per heavy atom. The van der Waals surface area contributed by atoms with E-state index in [9.17, 15) is 0 Å². The molecular formula is C15H25N3O. The van der Waals surface area contributed by atoms with Crippen molar-refractivity contribution in [3.05, 3.63) is 23.9 Å². The number of pyridine rings is 1. The molecule has 2 heterocycles. The second kappa shape index (κ2) is 6.87. The number of nitrogens with one attached hydrogen (secondary N) is 1. The molecule has 2 unspecified atom stereocenters. The average Bonchev–Trinajstić information content (AvgIpc) is 2.85. The predicted molar refractivity (Wildman–Crippen MR) is 78.5 cm³/mol. The predicted octanol–water partition coefficient (Wildman–Crippen LogP) is 2.19. The summed E-state index contributed by atoms with van der Waals surface area (Å²) in [6.45, 7) is 7.12. The average molecular weight is 263 g/mol. The molecule has 1 N–H and O–H groups in total. The molecule has 1 aliphatic rings. The molecule has 19 heavy (non-hydrogen) atoms. The van der Waals surface area contributed by atoms with Crippen LogP contribution < -0.4 is 10.2 Å². The molecule has 0 amide bonds. The van der Waals surface area contributed by atoms with E-state index in [-0.39, 0.29) is 6.10 Å². The van der Waals surface area contributed by atoms with Crippen LogP contribution in [0.2, 0.25) is 0 Å². The normalized spacial score (nSPS) is 22.7. The maximum absolute atomic E-state index is 5.62. The third-order valence-corrected chi connectivity index (χ3v) is 3.76. The summed E-state index contributed by atoms with van der Waals surface area (Å²) in [7, 11) is 2.10. The van der Waals surface area contributed by atoms with Crippen LogP contribution in [0.1, 0.15) is 32.3 Å². The molecule has 0 bridgehead atoms. The lowest BCUT2D eigenvalue weighted by Gasteiger charge is -2.27. The van der Waals surface area contributed by atoms with Gasteiger partial charge in [0.1, 0.15) is 5.82 Å². The van der Waals surface area contributed by atoms with Gasteiger partial charge in [0, 0.05) is 26.4 Å². The van der Waals surface area contributed by atoms with Crippen molar-refractivity contribution >= 4 is 5.82 Å². The Hall–Kier alpha value is -1.13. The number of hydrogen-bond acceptors (Lipinski definition) is 4. The molecule has 1 aromatic rings. The number of ether oxygens (including phenoxy) is 1. The van der Waals surface area contributed by atoms with Crippen LogP contribution in [-0.4, -0.2) is 37.3 Å². The molecule has 0 aliphatic carbocycles. The topological polar surface area (TPSA) is 37.4 Å². The minimum Gasteiger partial charge on any atom is -0.376 e. The lowest BCUT2D eigenvalue weighted by Crippen LogP contribution is -2.37. The molecule has 2 rings (SSSR count). The van der Waals surface area contributed by atoms with Gasteiger partial charge in [0.2, 0.25) is 0 Å². The Morgan fingerprint density at radius 3 is 2.89 bits per heavy atom. The van der Waals surface area contributed by atoms with E-state index >= 15 is 0 Å². The fourth-order valence-corrected chi connectivity index (χ4v) is 2.54. The van der Waals surface area contributed by atoms with Crippen molar-refractivity contribution in [2.24, 2.45) is 0 Å². The Bertz CT molecular complexity index is 379. The molecule has 1 aliphatic heterocycles. The lowest BCUT2D eigenvalue weighted by molar-refractivity contribution is 0.118. The third kappa shape index (κ3) is 3.67. The van der Waals surface area contributed by atoms with Crippen molar-refractivity contribution in [2.45, 2.75) is 45.4 Å². The van der Waals surface area contributed by atoms with Crippen molar-refractivity contribution in [3.8, 4) is 0 Å². The van der Waals surface area contributed by atoms with Crippen LogP contribution in [0, 0.1) is 0 Å². The molecule has 4 heteroatoms. The van der Waals surface area contributed by atoms with Crippen molar-refractivity contribution in [1.82, 2.24) is 10.3 Å². The summed E-state index contributed by atoms with van der Waals surface area (Å²) in [5.74, 6) is 1.03. The van der Waals surface area contributed by atoms with Crippen molar-refractivity contribution in [3.63, 3.8) is 0 Å². The molecule has 1 aromatic heterocycles. The van der Waals surface area contributed by atoms with Crippen LogP contribution in [0.15, 0.2) is 18.3 Å². The zero-order valence-corrected chi connectivity index (χ0v) is 12.2. The van der Waals surface area contributed by atoms with Gasteiger partial charge in [-0.2, -0.15) is 0 Å². The molecule has 1 saturated heterocycles. The molecule has 4 nitrogen and oxygen atoms in total. The van der Waals surface area contributed by atoms with Crippen molar-refractivity contribution < 1.29 is 4.74 Å². The summed E-state index contributed by atoms with van der Waals surface area (Å²) in [5.41, 5.74) is 1.24. The van der Waals surface area contributed by atoms with Crippen LogP contribution in [0.4, 0.5) is 5.82 Å². The van der Waals surface area contributed by atoms with Gasteiger partial charge in [-0.3, -0.25) is 0 Å². The van der Waals surface area contributed by atoms with Gasteiger partial charge >= 0.3 is 0 Å². The minimum absolute atomic E-state index is 0.290. The molecule has 0 saturated carbocycles. The minimum atomic E-state index is 0.290. The number of anilines is 1. The summed E-state index contributed by atoms with van der Waals surface area (Å²) >= 11 is 0. The first-order chi connectivity index (χ1) is 9.22. The van der Waals surface area contributed by atoms with Crippen LogP contribution >= 0.6 is 0 Å². The molecule has 0 spiro atoms. The van der Waals surface area contributed by atoms with Gasteiger partial charge in [-0.05, 0) is 37.9 Å². The van der Waals surface area contributed by atoms with E-state index in [1.807, 2.05) is 6.20 Å². The first kappa shape index (κ1) is 14.3. The van der Waals surface area contributed by atoms with E-state index in [1.54, 1.807) is 0 Å². The second-order valence-electron chi connectivity index (χ2n) is 5.24. The van der Waals surface area contributed by atoms with Gasteiger partial charge in [-0.1, -0.05) is 13.0 Å². The zero-order valence-electron chi connectivity index (χ0n) is 12.2.